The number of carbonyl (C=O) groups excluding carboxylic acids is 2. The molecule has 0 aliphatic carbocycles. The fourth-order valence-electron chi connectivity index (χ4n) is 2.89. The molecule has 0 bridgehead atoms. The van der Waals surface area contributed by atoms with E-state index in [1.54, 1.807) is 29.2 Å². The Morgan fingerprint density at radius 3 is 2.76 bits per heavy atom. The number of carbonyl (C=O) groups is 2. The van der Waals surface area contributed by atoms with Crippen LogP contribution in [0, 0.1) is 5.82 Å². The highest BCUT2D eigenvalue weighted by molar-refractivity contribution is 5.97. The number of nitrogens with zero attached hydrogens (tertiary/aromatic N) is 1. The Balaban J connectivity index is 1.64. The molecule has 1 aliphatic rings. The van der Waals surface area contributed by atoms with Gasteiger partial charge in [0.15, 0.2) is 0 Å². The van der Waals surface area contributed by atoms with Crippen LogP contribution in [-0.4, -0.2) is 23.5 Å². The molecule has 2 N–H and O–H groups in total. The molecule has 1 fully saturated rings. The summed E-state index contributed by atoms with van der Waals surface area (Å²) in [4.78, 5) is 25.6. The van der Waals surface area contributed by atoms with Crippen LogP contribution in [0.3, 0.4) is 0 Å². The van der Waals surface area contributed by atoms with Crippen LogP contribution in [0.25, 0.3) is 0 Å². The molecular formula is C19H19FN2O3. The first-order valence-electron chi connectivity index (χ1n) is 8.17. The van der Waals surface area contributed by atoms with Gasteiger partial charge in [0.2, 0.25) is 11.8 Å². The van der Waals surface area contributed by atoms with E-state index in [0.29, 0.717) is 24.2 Å². The van der Waals surface area contributed by atoms with E-state index in [-0.39, 0.29) is 18.2 Å². The molecule has 0 radical (unpaired) electrons. The minimum Gasteiger partial charge on any atom is -0.388 e. The van der Waals surface area contributed by atoms with Crippen molar-refractivity contribution in [3.05, 3.63) is 59.9 Å². The smallest absolute Gasteiger partial charge is 0.227 e. The summed E-state index contributed by atoms with van der Waals surface area (Å²) in [5.74, 6) is -0.772. The molecule has 1 aliphatic heterocycles. The summed E-state index contributed by atoms with van der Waals surface area (Å²) in [6.07, 6.45) is 0.0983. The first kappa shape index (κ1) is 17.1. The van der Waals surface area contributed by atoms with E-state index in [4.69, 9.17) is 0 Å². The summed E-state index contributed by atoms with van der Waals surface area (Å²) in [5, 5.41) is 12.8. The Morgan fingerprint density at radius 1 is 1.24 bits per heavy atom. The SMILES string of the molecule is O=C(CC(O)c1cccc(F)c1)Nc1cccc(N2CCCC2=O)c1. The van der Waals surface area contributed by atoms with Gasteiger partial charge >= 0.3 is 0 Å². The van der Waals surface area contributed by atoms with Gasteiger partial charge in [0, 0.05) is 24.3 Å². The topological polar surface area (TPSA) is 69.6 Å². The van der Waals surface area contributed by atoms with Crippen LogP contribution in [0.2, 0.25) is 0 Å². The van der Waals surface area contributed by atoms with Crippen LogP contribution < -0.4 is 10.2 Å². The monoisotopic (exact) mass is 342 g/mol. The number of hydrogen-bond donors (Lipinski definition) is 2. The van der Waals surface area contributed by atoms with Crippen molar-refractivity contribution < 1.29 is 19.1 Å². The molecule has 3 rings (SSSR count). The first-order chi connectivity index (χ1) is 12.0. The molecule has 2 aromatic carbocycles. The highest BCUT2D eigenvalue weighted by Gasteiger charge is 2.22. The van der Waals surface area contributed by atoms with Gasteiger partial charge in [-0.15, -0.1) is 0 Å². The fourth-order valence-corrected chi connectivity index (χ4v) is 2.89. The molecule has 0 spiro atoms. The number of anilines is 2. The zero-order valence-electron chi connectivity index (χ0n) is 13.6. The number of amides is 2. The van der Waals surface area contributed by atoms with Crippen molar-refractivity contribution >= 4 is 23.2 Å². The molecule has 5 nitrogen and oxygen atoms in total. The molecule has 1 saturated heterocycles. The van der Waals surface area contributed by atoms with Gasteiger partial charge in [0.25, 0.3) is 0 Å². The fraction of sp³-hybridized carbons (Fsp3) is 0.263. The maximum Gasteiger partial charge on any atom is 0.227 e. The predicted octanol–water partition coefficient (Wildman–Crippen LogP) is 3.01. The lowest BCUT2D eigenvalue weighted by Gasteiger charge is -2.17. The summed E-state index contributed by atoms with van der Waals surface area (Å²) in [7, 11) is 0. The minimum absolute atomic E-state index is 0.0741. The zero-order valence-corrected chi connectivity index (χ0v) is 13.6. The highest BCUT2D eigenvalue weighted by Crippen LogP contribution is 2.25. The van der Waals surface area contributed by atoms with E-state index >= 15 is 0 Å². The van der Waals surface area contributed by atoms with Crippen molar-refractivity contribution in [2.45, 2.75) is 25.4 Å². The van der Waals surface area contributed by atoms with Crippen LogP contribution >= 0.6 is 0 Å². The van der Waals surface area contributed by atoms with Crippen molar-refractivity contribution in [3.63, 3.8) is 0 Å². The largest absolute Gasteiger partial charge is 0.388 e. The van der Waals surface area contributed by atoms with Crippen molar-refractivity contribution in [2.24, 2.45) is 0 Å². The summed E-state index contributed by atoms with van der Waals surface area (Å²) in [6, 6.07) is 12.6. The van der Waals surface area contributed by atoms with Crippen molar-refractivity contribution in [2.75, 3.05) is 16.8 Å². The quantitative estimate of drug-likeness (QED) is 0.877. The molecule has 1 unspecified atom stereocenters. The normalized spacial score (nSPS) is 15.3. The maximum atomic E-state index is 13.2. The second kappa shape index (κ2) is 7.44. The van der Waals surface area contributed by atoms with Crippen molar-refractivity contribution in [1.29, 1.82) is 0 Å². The lowest BCUT2D eigenvalue weighted by molar-refractivity contribution is -0.118. The molecule has 2 aromatic rings. The van der Waals surface area contributed by atoms with Gasteiger partial charge < -0.3 is 15.3 Å². The molecular weight excluding hydrogens is 323 g/mol. The number of benzene rings is 2. The Morgan fingerprint density at radius 2 is 2.04 bits per heavy atom. The third-order valence-corrected chi connectivity index (χ3v) is 4.13. The molecule has 0 saturated carbocycles. The summed E-state index contributed by atoms with van der Waals surface area (Å²) in [6.45, 7) is 0.675. The molecule has 130 valence electrons. The second-order valence-corrected chi connectivity index (χ2v) is 6.02. The van der Waals surface area contributed by atoms with Gasteiger partial charge in [-0.3, -0.25) is 9.59 Å². The van der Waals surface area contributed by atoms with Gasteiger partial charge in [-0.25, -0.2) is 4.39 Å². The van der Waals surface area contributed by atoms with Crippen LogP contribution in [0.5, 0.6) is 0 Å². The first-order valence-corrected chi connectivity index (χ1v) is 8.17. The third-order valence-electron chi connectivity index (χ3n) is 4.13. The van der Waals surface area contributed by atoms with Gasteiger partial charge in [0.1, 0.15) is 5.82 Å². The Labute approximate surface area is 145 Å². The van der Waals surface area contributed by atoms with E-state index in [2.05, 4.69) is 5.32 Å². The lowest BCUT2D eigenvalue weighted by atomic mass is 10.1. The van der Waals surface area contributed by atoms with Crippen LogP contribution in [-0.2, 0) is 9.59 Å². The predicted molar refractivity (Wildman–Crippen MR) is 92.6 cm³/mol. The van der Waals surface area contributed by atoms with Crippen LogP contribution in [0.1, 0.15) is 30.9 Å². The molecule has 2 amide bonds. The van der Waals surface area contributed by atoms with Crippen molar-refractivity contribution in [1.82, 2.24) is 0 Å². The number of halogens is 1. The number of aliphatic hydroxyl groups is 1. The minimum atomic E-state index is -1.08. The average molecular weight is 342 g/mol. The number of aliphatic hydroxyl groups excluding tert-OH is 1. The average Bonchev–Trinajstić information content (AvgIpc) is 3.01. The van der Waals surface area contributed by atoms with Gasteiger partial charge in [-0.1, -0.05) is 18.2 Å². The van der Waals surface area contributed by atoms with E-state index in [1.165, 1.54) is 18.2 Å². The van der Waals surface area contributed by atoms with Crippen LogP contribution in [0.4, 0.5) is 15.8 Å². The Bertz CT molecular complexity index is 794. The van der Waals surface area contributed by atoms with Gasteiger partial charge in [0.05, 0.1) is 12.5 Å². The molecule has 0 aromatic heterocycles. The van der Waals surface area contributed by atoms with E-state index in [1.807, 2.05) is 6.07 Å². The Hall–Kier alpha value is -2.73. The van der Waals surface area contributed by atoms with Gasteiger partial charge in [-0.2, -0.15) is 0 Å². The van der Waals surface area contributed by atoms with Crippen molar-refractivity contribution in [3.8, 4) is 0 Å². The van der Waals surface area contributed by atoms with E-state index in [9.17, 15) is 19.1 Å². The number of nitrogens with one attached hydrogen (secondary N) is 1. The standard InChI is InChI=1S/C19H19FN2O3/c20-14-5-1-4-13(10-14)17(23)12-18(24)21-15-6-2-7-16(11-15)22-9-3-8-19(22)25/h1-2,4-7,10-11,17,23H,3,8-9,12H2,(H,21,24). The summed E-state index contributed by atoms with van der Waals surface area (Å²) in [5.41, 5.74) is 1.64. The third kappa shape index (κ3) is 4.22. The lowest BCUT2D eigenvalue weighted by Crippen LogP contribution is -2.23. The number of rotatable bonds is 5. The van der Waals surface area contributed by atoms with E-state index in [0.717, 1.165) is 12.1 Å². The second-order valence-electron chi connectivity index (χ2n) is 6.02. The molecule has 1 atom stereocenters. The summed E-state index contributed by atoms with van der Waals surface area (Å²) >= 11 is 0. The Kier molecular flexibility index (Phi) is 5.09. The molecule has 25 heavy (non-hydrogen) atoms. The maximum absolute atomic E-state index is 13.2. The van der Waals surface area contributed by atoms with E-state index < -0.39 is 11.9 Å². The zero-order chi connectivity index (χ0) is 17.8. The number of hydrogen-bond acceptors (Lipinski definition) is 3. The van der Waals surface area contributed by atoms with Gasteiger partial charge in [-0.05, 0) is 42.3 Å². The van der Waals surface area contributed by atoms with Crippen LogP contribution in [0.15, 0.2) is 48.5 Å². The highest BCUT2D eigenvalue weighted by atomic mass is 19.1. The summed E-state index contributed by atoms with van der Waals surface area (Å²) < 4.78 is 13.2. The molecule has 1 heterocycles. The molecule has 6 heteroatoms.